The third-order valence-electron chi connectivity index (χ3n) is 8.15. The van der Waals surface area contributed by atoms with E-state index in [0.29, 0.717) is 29.7 Å². The van der Waals surface area contributed by atoms with Gasteiger partial charge in [-0.25, -0.2) is 9.59 Å². The highest BCUT2D eigenvalue weighted by Gasteiger charge is 2.58. The molecule has 11 nitrogen and oxygen atoms in total. The van der Waals surface area contributed by atoms with E-state index in [9.17, 15) is 23.4 Å². The maximum atomic E-state index is 14.3. The summed E-state index contributed by atoms with van der Waals surface area (Å²) in [7, 11) is -1.72. The smallest absolute Gasteiger partial charge is 0.408 e. The third kappa shape index (κ3) is 6.85. The minimum absolute atomic E-state index is 0.0734. The van der Waals surface area contributed by atoms with Crippen molar-refractivity contribution in [3.63, 3.8) is 0 Å². The standard InChI is InChI=1S/C36H36N4O7S/c1-36(2,3)47-35(44)39-28-32(42)40-29(34(43)46-31(22-11-6-4-7-12-22)23-13-8-5-9-14-23)26(21-48(45)33(28)40)19-24-16-18-38-27(24)30(41)25-15-10-17-37-20-25/h4-15,17,19-20,27-28,31,33,38H,16,18,21H2,1-3H3,(H,39,44)/b24-19+. The van der Waals surface area contributed by atoms with Crippen molar-refractivity contribution in [3.05, 3.63) is 125 Å². The lowest BCUT2D eigenvalue weighted by molar-refractivity contribution is -0.153. The summed E-state index contributed by atoms with van der Waals surface area (Å²) in [6.45, 7) is 5.58. The van der Waals surface area contributed by atoms with E-state index in [1.165, 1.54) is 6.20 Å². The lowest BCUT2D eigenvalue weighted by atomic mass is 9.96. The van der Waals surface area contributed by atoms with E-state index >= 15 is 0 Å². The Morgan fingerprint density at radius 1 is 1.02 bits per heavy atom. The number of aromatic nitrogens is 1. The van der Waals surface area contributed by atoms with E-state index in [-0.39, 0.29) is 17.2 Å². The molecular formula is C36H36N4O7S. The SMILES string of the molecule is CC(C)(C)OC(=O)NC1C(=O)N2C(C(=O)OC(c3ccccc3)c3ccccc3)=C(/C=C3\CCNC3C(=O)c3cccnc3)CS(=O)C12. The second-order valence-corrected chi connectivity index (χ2v) is 14.2. The van der Waals surface area contributed by atoms with Gasteiger partial charge < -0.3 is 20.1 Å². The highest BCUT2D eigenvalue weighted by atomic mass is 32.2. The van der Waals surface area contributed by atoms with Crippen molar-refractivity contribution in [3.8, 4) is 0 Å². The van der Waals surface area contributed by atoms with Crippen LogP contribution in [-0.4, -0.2) is 73.2 Å². The Bertz CT molecular complexity index is 1770. The number of hydrogen-bond donors (Lipinski definition) is 2. The Kier molecular flexibility index (Phi) is 9.38. The Morgan fingerprint density at radius 2 is 1.69 bits per heavy atom. The van der Waals surface area contributed by atoms with E-state index in [1.54, 1.807) is 45.2 Å². The molecule has 4 heterocycles. The maximum Gasteiger partial charge on any atom is 0.408 e. The lowest BCUT2D eigenvalue weighted by Gasteiger charge is -2.49. The summed E-state index contributed by atoms with van der Waals surface area (Å²) in [5.74, 6) is -1.72. The van der Waals surface area contributed by atoms with Gasteiger partial charge in [-0.3, -0.25) is 23.7 Å². The van der Waals surface area contributed by atoms with Crippen LogP contribution in [0.3, 0.4) is 0 Å². The molecule has 3 aliphatic heterocycles. The number of allylic oxidation sites excluding steroid dienone is 1. The minimum Gasteiger partial charge on any atom is -0.448 e. The number of ketones is 1. The zero-order chi connectivity index (χ0) is 34.0. The van der Waals surface area contributed by atoms with Crippen LogP contribution in [0.4, 0.5) is 4.79 Å². The topological polar surface area (TPSA) is 144 Å². The minimum atomic E-state index is -1.72. The van der Waals surface area contributed by atoms with Crippen LogP contribution in [0, 0.1) is 0 Å². The second-order valence-electron chi connectivity index (χ2n) is 12.7. The van der Waals surface area contributed by atoms with E-state index < -0.39 is 57.9 Å². The van der Waals surface area contributed by atoms with Crippen molar-refractivity contribution in [2.75, 3.05) is 12.3 Å². The summed E-state index contributed by atoms with van der Waals surface area (Å²) in [5.41, 5.74) is 1.95. The average Bonchev–Trinajstić information content (AvgIpc) is 3.54. The number of nitrogens with zero attached hydrogens (tertiary/aromatic N) is 2. The molecule has 2 saturated heterocycles. The number of Topliss-reactive ketones (excluding diaryl/α,β-unsaturated/α-hetero) is 1. The lowest BCUT2D eigenvalue weighted by Crippen LogP contribution is -2.73. The fraction of sp³-hybridized carbons (Fsp3) is 0.306. The fourth-order valence-corrected chi connectivity index (χ4v) is 7.67. The van der Waals surface area contributed by atoms with Crippen molar-refractivity contribution in [2.24, 2.45) is 0 Å². The van der Waals surface area contributed by atoms with Gasteiger partial charge in [-0.2, -0.15) is 0 Å². The van der Waals surface area contributed by atoms with E-state index in [0.717, 1.165) is 16.0 Å². The maximum absolute atomic E-state index is 14.3. The van der Waals surface area contributed by atoms with Gasteiger partial charge in [0.15, 0.2) is 11.9 Å². The molecule has 1 aromatic heterocycles. The Morgan fingerprint density at radius 3 is 2.29 bits per heavy atom. The summed E-state index contributed by atoms with van der Waals surface area (Å²) in [6.07, 6.45) is 3.61. The van der Waals surface area contributed by atoms with Crippen molar-refractivity contribution in [1.82, 2.24) is 20.5 Å². The van der Waals surface area contributed by atoms with Crippen molar-refractivity contribution < 1.29 is 32.9 Å². The molecule has 2 amide bonds. The molecule has 0 aliphatic carbocycles. The predicted octanol–water partition coefficient (Wildman–Crippen LogP) is 3.96. The number of ether oxygens (including phenoxy) is 2. The number of hydrogen-bond acceptors (Lipinski definition) is 9. The normalized spacial score (nSPS) is 23.0. The van der Waals surface area contributed by atoms with Gasteiger partial charge >= 0.3 is 12.1 Å². The average molecular weight is 669 g/mol. The summed E-state index contributed by atoms with van der Waals surface area (Å²) in [6, 6.07) is 19.9. The van der Waals surface area contributed by atoms with Crippen LogP contribution in [0.1, 0.15) is 54.8 Å². The number of amides is 2. The molecule has 12 heteroatoms. The Hall–Kier alpha value is -4.94. The highest BCUT2D eigenvalue weighted by Crippen LogP contribution is 2.38. The molecule has 0 spiro atoms. The van der Waals surface area contributed by atoms with Crippen molar-refractivity contribution >= 4 is 34.6 Å². The molecule has 4 atom stereocenters. The van der Waals surface area contributed by atoms with E-state index in [1.807, 2.05) is 60.7 Å². The zero-order valence-electron chi connectivity index (χ0n) is 26.8. The van der Waals surface area contributed by atoms with Gasteiger partial charge in [-0.05, 0) is 68.1 Å². The van der Waals surface area contributed by atoms with Gasteiger partial charge in [0, 0.05) is 18.0 Å². The molecular weight excluding hydrogens is 632 g/mol. The molecule has 2 fully saturated rings. The van der Waals surface area contributed by atoms with Crippen LogP contribution >= 0.6 is 0 Å². The van der Waals surface area contributed by atoms with Crippen LogP contribution in [-0.2, 0) is 29.9 Å². The number of β-lactam (4-membered cyclic amide) rings is 1. The Balaban J connectivity index is 1.39. The molecule has 48 heavy (non-hydrogen) atoms. The molecule has 248 valence electrons. The second kappa shape index (κ2) is 13.7. The molecule has 3 aromatic rings. The van der Waals surface area contributed by atoms with Crippen molar-refractivity contribution in [2.45, 2.75) is 56.4 Å². The van der Waals surface area contributed by atoms with Crippen LogP contribution in [0.25, 0.3) is 0 Å². The van der Waals surface area contributed by atoms with E-state index in [2.05, 4.69) is 15.6 Å². The predicted molar refractivity (Wildman–Crippen MR) is 178 cm³/mol. The molecule has 2 aromatic carbocycles. The number of esters is 1. The summed E-state index contributed by atoms with van der Waals surface area (Å²) < 4.78 is 25.3. The fourth-order valence-electron chi connectivity index (χ4n) is 6.04. The zero-order valence-corrected chi connectivity index (χ0v) is 27.6. The number of nitrogens with one attached hydrogen (secondary N) is 2. The van der Waals surface area contributed by atoms with Gasteiger partial charge in [-0.1, -0.05) is 66.7 Å². The molecule has 4 unspecified atom stereocenters. The molecule has 2 N–H and O–H groups in total. The van der Waals surface area contributed by atoms with Crippen LogP contribution < -0.4 is 10.6 Å². The van der Waals surface area contributed by atoms with Gasteiger partial charge in [0.2, 0.25) is 0 Å². The number of benzene rings is 2. The summed E-state index contributed by atoms with van der Waals surface area (Å²) >= 11 is 0. The quantitative estimate of drug-likeness (QED) is 0.207. The van der Waals surface area contributed by atoms with Gasteiger partial charge in [0.25, 0.3) is 5.91 Å². The largest absolute Gasteiger partial charge is 0.448 e. The third-order valence-corrected chi connectivity index (χ3v) is 9.77. The van der Waals surface area contributed by atoms with Crippen LogP contribution in [0.2, 0.25) is 0 Å². The first-order chi connectivity index (χ1) is 23.0. The molecule has 0 saturated carbocycles. The summed E-state index contributed by atoms with van der Waals surface area (Å²) in [4.78, 5) is 59.3. The van der Waals surface area contributed by atoms with Gasteiger partial charge in [0.1, 0.15) is 22.7 Å². The Labute approximate surface area is 280 Å². The molecule has 3 aliphatic rings. The first kappa shape index (κ1) is 33.0. The number of rotatable bonds is 8. The number of pyridine rings is 1. The number of carbonyl (C=O) groups is 4. The first-order valence-corrected chi connectivity index (χ1v) is 17.0. The van der Waals surface area contributed by atoms with Gasteiger partial charge in [0.05, 0.1) is 22.6 Å². The van der Waals surface area contributed by atoms with Crippen LogP contribution in [0.5, 0.6) is 0 Å². The molecule has 0 bridgehead atoms. The number of fused-ring (bicyclic) bond motifs is 1. The number of alkyl carbamates (subject to hydrolysis) is 1. The van der Waals surface area contributed by atoms with Crippen LogP contribution in [0.15, 0.2) is 108 Å². The molecule has 6 rings (SSSR count). The molecule has 0 radical (unpaired) electrons. The van der Waals surface area contributed by atoms with Crippen molar-refractivity contribution in [1.29, 1.82) is 0 Å². The monoisotopic (exact) mass is 668 g/mol. The number of carbonyl (C=O) groups excluding carboxylic acids is 4. The van der Waals surface area contributed by atoms with Gasteiger partial charge in [-0.15, -0.1) is 0 Å². The van der Waals surface area contributed by atoms with E-state index in [4.69, 9.17) is 9.47 Å². The highest BCUT2D eigenvalue weighted by molar-refractivity contribution is 7.86. The summed E-state index contributed by atoms with van der Waals surface area (Å²) in [5, 5.41) is 4.73. The first-order valence-electron chi connectivity index (χ1n) is 15.6.